The van der Waals surface area contributed by atoms with E-state index in [0.29, 0.717) is 5.95 Å². The lowest BCUT2D eigenvalue weighted by molar-refractivity contribution is 0.965. The van der Waals surface area contributed by atoms with Crippen LogP contribution in [0.15, 0.2) is 6.07 Å². The van der Waals surface area contributed by atoms with Gasteiger partial charge in [-0.3, -0.25) is 5.10 Å². The molecule has 0 fully saturated rings. The van der Waals surface area contributed by atoms with Gasteiger partial charge in [0.2, 0.25) is 5.95 Å². The van der Waals surface area contributed by atoms with Crippen molar-refractivity contribution in [3.05, 3.63) is 28.8 Å². The van der Waals surface area contributed by atoms with Gasteiger partial charge in [-0.25, -0.2) is 0 Å². The number of anilines is 1. The number of nitrogens with one attached hydrogen (secondary N) is 2. The molecule has 2 aromatic heterocycles. The minimum Gasteiger partial charge on any atom is -0.367 e. The molecule has 4 N–H and O–H groups in total. The van der Waals surface area contributed by atoms with E-state index in [4.69, 9.17) is 5.73 Å². The predicted molar refractivity (Wildman–Crippen MR) is 53.9 cm³/mol. The zero-order valence-corrected chi connectivity index (χ0v) is 8.26. The highest BCUT2D eigenvalue weighted by atomic mass is 15.3. The molecule has 0 saturated heterocycles. The van der Waals surface area contributed by atoms with Crippen LogP contribution in [0, 0.1) is 13.8 Å². The molecule has 0 aliphatic heterocycles. The van der Waals surface area contributed by atoms with E-state index in [0.717, 1.165) is 23.6 Å². The Morgan fingerprint density at radius 1 is 1.43 bits per heavy atom. The van der Waals surface area contributed by atoms with Gasteiger partial charge in [-0.1, -0.05) is 0 Å². The Labute approximate surface area is 81.7 Å². The third-order valence-electron chi connectivity index (χ3n) is 2.16. The molecule has 2 aromatic rings. The van der Waals surface area contributed by atoms with Crippen molar-refractivity contribution in [1.29, 1.82) is 0 Å². The highest BCUT2D eigenvalue weighted by molar-refractivity contribution is 5.28. The highest BCUT2D eigenvalue weighted by Gasteiger charge is 2.06. The van der Waals surface area contributed by atoms with Crippen LogP contribution in [0.25, 0.3) is 0 Å². The molecule has 14 heavy (non-hydrogen) atoms. The van der Waals surface area contributed by atoms with Gasteiger partial charge in [-0.2, -0.15) is 4.98 Å². The van der Waals surface area contributed by atoms with Crippen molar-refractivity contribution in [2.24, 2.45) is 0 Å². The summed E-state index contributed by atoms with van der Waals surface area (Å²) in [5.74, 6) is 1.09. The van der Waals surface area contributed by atoms with Crippen LogP contribution in [0.5, 0.6) is 0 Å². The molecular weight excluding hydrogens is 178 g/mol. The third-order valence-corrected chi connectivity index (χ3v) is 2.16. The summed E-state index contributed by atoms with van der Waals surface area (Å²) in [7, 11) is 0. The first kappa shape index (κ1) is 8.80. The zero-order valence-electron chi connectivity index (χ0n) is 8.26. The first-order chi connectivity index (χ1) is 6.65. The fraction of sp³-hybridized carbons (Fsp3) is 0.333. The Bertz CT molecular complexity index is 440. The lowest BCUT2D eigenvalue weighted by atomic mass is 10.2. The molecule has 0 amide bonds. The fourth-order valence-corrected chi connectivity index (χ4v) is 1.53. The van der Waals surface area contributed by atoms with E-state index in [2.05, 4.69) is 26.2 Å². The maximum atomic E-state index is 5.41. The van der Waals surface area contributed by atoms with E-state index in [-0.39, 0.29) is 0 Å². The van der Waals surface area contributed by atoms with Crippen LogP contribution in [0.4, 0.5) is 5.95 Å². The topological polar surface area (TPSA) is 83.4 Å². The molecule has 74 valence electrons. The molecule has 0 bridgehead atoms. The first-order valence-electron chi connectivity index (χ1n) is 4.47. The monoisotopic (exact) mass is 191 g/mol. The van der Waals surface area contributed by atoms with Crippen molar-refractivity contribution >= 4 is 5.95 Å². The van der Waals surface area contributed by atoms with Crippen molar-refractivity contribution in [2.45, 2.75) is 20.3 Å². The number of aromatic amines is 2. The van der Waals surface area contributed by atoms with Crippen LogP contribution in [0.3, 0.4) is 0 Å². The van der Waals surface area contributed by atoms with Gasteiger partial charge >= 0.3 is 0 Å². The molecule has 5 heteroatoms. The van der Waals surface area contributed by atoms with Crippen molar-refractivity contribution in [1.82, 2.24) is 20.2 Å². The lowest BCUT2D eigenvalue weighted by Crippen LogP contribution is -1.92. The van der Waals surface area contributed by atoms with Gasteiger partial charge in [0.15, 0.2) is 0 Å². The average molecular weight is 191 g/mol. The fourth-order valence-electron chi connectivity index (χ4n) is 1.53. The van der Waals surface area contributed by atoms with Gasteiger partial charge in [-0.05, 0) is 25.5 Å². The quantitative estimate of drug-likeness (QED) is 0.660. The number of nitrogen functional groups attached to an aromatic ring is 1. The molecule has 0 unspecified atom stereocenters. The molecule has 2 rings (SSSR count). The molecule has 0 radical (unpaired) electrons. The Morgan fingerprint density at radius 3 is 2.71 bits per heavy atom. The van der Waals surface area contributed by atoms with Gasteiger partial charge in [0.25, 0.3) is 0 Å². The molecule has 2 heterocycles. The standard InChI is InChI=1S/C9H13N5/c1-5-3-7(6(2)11-5)4-8-12-9(10)14-13-8/h3,11H,4H2,1-2H3,(H3,10,12,13,14). The molecule has 0 spiro atoms. The first-order valence-corrected chi connectivity index (χ1v) is 4.47. The van der Waals surface area contributed by atoms with Gasteiger partial charge in [0.1, 0.15) is 5.82 Å². The number of aryl methyl sites for hydroxylation is 2. The Morgan fingerprint density at radius 2 is 2.21 bits per heavy atom. The number of nitrogens with two attached hydrogens (primary N) is 1. The summed E-state index contributed by atoms with van der Waals surface area (Å²) < 4.78 is 0. The Hall–Kier alpha value is -1.78. The summed E-state index contributed by atoms with van der Waals surface area (Å²) in [6.45, 7) is 4.08. The van der Waals surface area contributed by atoms with E-state index in [9.17, 15) is 0 Å². The molecule has 5 nitrogen and oxygen atoms in total. The molecule has 0 aliphatic carbocycles. The highest BCUT2D eigenvalue weighted by Crippen LogP contribution is 2.12. The second-order valence-corrected chi connectivity index (χ2v) is 3.42. The number of hydrogen-bond acceptors (Lipinski definition) is 3. The van der Waals surface area contributed by atoms with E-state index in [1.54, 1.807) is 0 Å². The van der Waals surface area contributed by atoms with Gasteiger partial charge < -0.3 is 10.7 Å². The largest absolute Gasteiger partial charge is 0.367 e. The van der Waals surface area contributed by atoms with E-state index >= 15 is 0 Å². The van der Waals surface area contributed by atoms with E-state index < -0.39 is 0 Å². The summed E-state index contributed by atoms with van der Waals surface area (Å²) in [5.41, 5.74) is 8.96. The summed E-state index contributed by atoms with van der Waals surface area (Å²) in [6, 6.07) is 2.11. The molecular formula is C9H13N5. The minimum absolute atomic E-state index is 0.296. The SMILES string of the molecule is Cc1cc(Cc2nc(N)n[nH]2)c(C)[nH]1. The van der Waals surface area contributed by atoms with Crippen LogP contribution in [0.1, 0.15) is 22.8 Å². The normalized spacial score (nSPS) is 10.7. The summed E-state index contributed by atoms with van der Waals surface area (Å²) in [6.07, 6.45) is 0.736. The number of hydrogen-bond donors (Lipinski definition) is 3. The van der Waals surface area contributed by atoms with Crippen LogP contribution in [0.2, 0.25) is 0 Å². The van der Waals surface area contributed by atoms with Crippen LogP contribution < -0.4 is 5.73 Å². The van der Waals surface area contributed by atoms with Crippen molar-refractivity contribution in [2.75, 3.05) is 5.73 Å². The smallest absolute Gasteiger partial charge is 0.239 e. The second kappa shape index (κ2) is 3.17. The van der Waals surface area contributed by atoms with Crippen LogP contribution in [-0.2, 0) is 6.42 Å². The predicted octanol–water partition coefficient (Wildman–Crippen LogP) is 0.923. The van der Waals surface area contributed by atoms with Gasteiger partial charge in [0.05, 0.1) is 0 Å². The van der Waals surface area contributed by atoms with Crippen LogP contribution >= 0.6 is 0 Å². The minimum atomic E-state index is 0.296. The molecule has 0 saturated carbocycles. The molecule has 0 aliphatic rings. The third kappa shape index (κ3) is 1.61. The second-order valence-electron chi connectivity index (χ2n) is 3.42. The van der Waals surface area contributed by atoms with E-state index in [1.807, 2.05) is 13.8 Å². The number of rotatable bonds is 2. The van der Waals surface area contributed by atoms with Gasteiger partial charge in [-0.15, -0.1) is 5.10 Å². The summed E-state index contributed by atoms with van der Waals surface area (Å²) in [4.78, 5) is 7.29. The van der Waals surface area contributed by atoms with Crippen LogP contribution in [-0.4, -0.2) is 20.2 Å². The molecule has 0 atom stereocenters. The van der Waals surface area contributed by atoms with Crippen molar-refractivity contribution in [3.8, 4) is 0 Å². The van der Waals surface area contributed by atoms with Gasteiger partial charge in [0, 0.05) is 17.8 Å². The number of H-pyrrole nitrogens is 2. The number of aromatic nitrogens is 4. The Kier molecular flexibility index (Phi) is 1.99. The van der Waals surface area contributed by atoms with E-state index in [1.165, 1.54) is 5.56 Å². The summed E-state index contributed by atoms with van der Waals surface area (Å²) in [5, 5.41) is 6.57. The number of nitrogens with zero attached hydrogens (tertiary/aromatic N) is 2. The van der Waals surface area contributed by atoms with Crippen molar-refractivity contribution in [3.63, 3.8) is 0 Å². The lowest BCUT2D eigenvalue weighted by Gasteiger charge is -1.94. The van der Waals surface area contributed by atoms with Crippen molar-refractivity contribution < 1.29 is 0 Å². The average Bonchev–Trinajstić information content (AvgIpc) is 2.61. The molecule has 0 aromatic carbocycles. The zero-order chi connectivity index (χ0) is 10.1. The Balaban J connectivity index is 2.22. The maximum absolute atomic E-state index is 5.41. The maximum Gasteiger partial charge on any atom is 0.239 e. The summed E-state index contributed by atoms with van der Waals surface area (Å²) >= 11 is 0.